The van der Waals surface area contributed by atoms with Crippen molar-refractivity contribution < 1.29 is 4.79 Å². The van der Waals surface area contributed by atoms with Gasteiger partial charge >= 0.3 is 0 Å². The van der Waals surface area contributed by atoms with Gasteiger partial charge in [0.1, 0.15) is 5.69 Å². The minimum atomic E-state index is -0.289. The number of carbonyl (C=O) groups excluding carboxylic acids is 1. The molecule has 0 aromatic carbocycles. The smallest absolute Gasteiger partial charge is 0.274 e. The molecule has 1 aromatic rings. The minimum Gasteiger partial charge on any atom is -0.396 e. The van der Waals surface area contributed by atoms with E-state index in [1.54, 1.807) is 11.0 Å². The van der Waals surface area contributed by atoms with E-state index in [1.165, 1.54) is 6.20 Å². The topological polar surface area (TPSA) is 75.0 Å². The van der Waals surface area contributed by atoms with Crippen molar-refractivity contribution >= 4 is 11.6 Å². The first kappa shape index (κ1) is 12.3. The van der Waals surface area contributed by atoms with Crippen molar-refractivity contribution in [2.75, 3.05) is 12.3 Å². The van der Waals surface area contributed by atoms with E-state index < -0.39 is 0 Å². The van der Waals surface area contributed by atoms with E-state index in [0.717, 1.165) is 0 Å². The number of nitrogen functional groups attached to an aromatic ring is 1. The summed E-state index contributed by atoms with van der Waals surface area (Å²) in [5.74, 6) is -0.164. The van der Waals surface area contributed by atoms with Crippen molar-refractivity contribution in [3.8, 4) is 0 Å². The van der Waals surface area contributed by atoms with Crippen LogP contribution in [0.5, 0.6) is 0 Å². The summed E-state index contributed by atoms with van der Waals surface area (Å²) >= 11 is 0. The summed E-state index contributed by atoms with van der Waals surface area (Å²) in [5, 5.41) is 6.36. The molecule has 0 aliphatic heterocycles. The highest BCUT2D eigenvalue weighted by Gasteiger charge is 2.28. The molecule has 0 unspecified atom stereocenters. The molecule has 5 heteroatoms. The van der Waals surface area contributed by atoms with Crippen LogP contribution in [0.15, 0.2) is 18.9 Å². The van der Waals surface area contributed by atoms with Gasteiger partial charge in [0.15, 0.2) is 0 Å². The van der Waals surface area contributed by atoms with Gasteiger partial charge in [0.05, 0.1) is 11.9 Å². The molecule has 88 valence electrons. The summed E-state index contributed by atoms with van der Waals surface area (Å²) in [6.45, 7) is 10.0. The number of anilines is 1. The van der Waals surface area contributed by atoms with Gasteiger partial charge in [-0.05, 0) is 20.8 Å². The van der Waals surface area contributed by atoms with Gasteiger partial charge in [0.25, 0.3) is 5.91 Å². The molecule has 1 rings (SSSR count). The van der Waals surface area contributed by atoms with E-state index in [1.807, 2.05) is 20.8 Å². The highest BCUT2D eigenvalue weighted by molar-refractivity contribution is 5.97. The minimum absolute atomic E-state index is 0.164. The number of aromatic amines is 1. The van der Waals surface area contributed by atoms with Crippen molar-refractivity contribution in [3.05, 3.63) is 24.5 Å². The maximum atomic E-state index is 12.2. The van der Waals surface area contributed by atoms with Crippen LogP contribution in [0.3, 0.4) is 0 Å². The monoisotopic (exact) mass is 222 g/mol. The average molecular weight is 222 g/mol. The average Bonchev–Trinajstić information content (AvgIpc) is 2.58. The van der Waals surface area contributed by atoms with Crippen LogP contribution in [0, 0.1) is 0 Å². The standard InChI is InChI=1S/C11H18N4O/c1-5-6-15(11(2,3)4)10(16)9-8(12)7-13-14-9/h5,7H,1,6,12H2,2-4H3,(H,13,14). The van der Waals surface area contributed by atoms with Crippen molar-refractivity contribution in [3.63, 3.8) is 0 Å². The Bertz CT molecular complexity index is 389. The number of hydrogen-bond donors (Lipinski definition) is 2. The Morgan fingerprint density at radius 2 is 2.31 bits per heavy atom. The van der Waals surface area contributed by atoms with Gasteiger partial charge in [0.2, 0.25) is 0 Å². The first-order valence-corrected chi connectivity index (χ1v) is 5.09. The fourth-order valence-electron chi connectivity index (χ4n) is 1.39. The molecule has 0 aliphatic carbocycles. The zero-order valence-electron chi connectivity index (χ0n) is 9.95. The Morgan fingerprint density at radius 1 is 1.69 bits per heavy atom. The second-order valence-electron chi connectivity index (χ2n) is 4.58. The lowest BCUT2D eigenvalue weighted by Crippen LogP contribution is -2.46. The van der Waals surface area contributed by atoms with Gasteiger partial charge in [-0.15, -0.1) is 6.58 Å². The van der Waals surface area contributed by atoms with Crippen molar-refractivity contribution in [1.82, 2.24) is 15.1 Å². The molecular formula is C11H18N4O. The number of nitrogens with one attached hydrogen (secondary N) is 1. The predicted octanol–water partition coefficient (Wildman–Crippen LogP) is 1.42. The van der Waals surface area contributed by atoms with Crippen molar-refractivity contribution in [1.29, 1.82) is 0 Å². The van der Waals surface area contributed by atoms with Gasteiger partial charge in [-0.3, -0.25) is 9.89 Å². The number of nitrogens with zero attached hydrogens (tertiary/aromatic N) is 2. The van der Waals surface area contributed by atoms with Crippen LogP contribution >= 0.6 is 0 Å². The number of H-pyrrole nitrogens is 1. The second kappa shape index (κ2) is 4.38. The third kappa shape index (κ3) is 2.42. The highest BCUT2D eigenvalue weighted by atomic mass is 16.2. The van der Waals surface area contributed by atoms with Crippen LogP contribution in [0.1, 0.15) is 31.3 Å². The first-order chi connectivity index (χ1) is 7.38. The van der Waals surface area contributed by atoms with Gasteiger partial charge < -0.3 is 10.6 Å². The van der Waals surface area contributed by atoms with E-state index in [2.05, 4.69) is 16.8 Å². The molecule has 16 heavy (non-hydrogen) atoms. The van der Waals surface area contributed by atoms with Crippen LogP contribution in [0.25, 0.3) is 0 Å². The van der Waals surface area contributed by atoms with Gasteiger partial charge in [-0.1, -0.05) is 6.08 Å². The normalized spacial score (nSPS) is 11.2. The molecule has 0 fully saturated rings. The molecule has 1 amide bonds. The van der Waals surface area contributed by atoms with E-state index in [4.69, 9.17) is 5.73 Å². The maximum absolute atomic E-state index is 12.2. The predicted molar refractivity (Wildman–Crippen MR) is 64.0 cm³/mol. The molecule has 0 bridgehead atoms. The Kier molecular flexibility index (Phi) is 3.37. The number of carbonyl (C=O) groups is 1. The van der Waals surface area contributed by atoms with E-state index in [-0.39, 0.29) is 11.4 Å². The Balaban J connectivity index is 3.01. The van der Waals surface area contributed by atoms with Gasteiger partial charge in [0, 0.05) is 12.1 Å². The van der Waals surface area contributed by atoms with Crippen molar-refractivity contribution in [2.45, 2.75) is 26.3 Å². The molecule has 3 N–H and O–H groups in total. The fraction of sp³-hybridized carbons (Fsp3) is 0.455. The van der Waals surface area contributed by atoms with E-state index >= 15 is 0 Å². The Morgan fingerprint density at radius 3 is 2.69 bits per heavy atom. The summed E-state index contributed by atoms with van der Waals surface area (Å²) in [4.78, 5) is 13.9. The van der Waals surface area contributed by atoms with Crippen LogP contribution < -0.4 is 5.73 Å². The largest absolute Gasteiger partial charge is 0.396 e. The van der Waals surface area contributed by atoms with Crippen LogP contribution in [-0.2, 0) is 0 Å². The Hall–Kier alpha value is -1.78. The summed E-state index contributed by atoms with van der Waals surface area (Å²) in [7, 11) is 0. The van der Waals surface area contributed by atoms with Crippen molar-refractivity contribution in [2.24, 2.45) is 0 Å². The number of amides is 1. The highest BCUT2D eigenvalue weighted by Crippen LogP contribution is 2.18. The zero-order chi connectivity index (χ0) is 12.3. The van der Waals surface area contributed by atoms with Crippen LogP contribution in [0.2, 0.25) is 0 Å². The maximum Gasteiger partial charge on any atom is 0.274 e. The first-order valence-electron chi connectivity index (χ1n) is 5.09. The molecule has 0 saturated heterocycles. The molecule has 0 radical (unpaired) electrons. The summed E-state index contributed by atoms with van der Waals surface area (Å²) < 4.78 is 0. The quantitative estimate of drug-likeness (QED) is 0.759. The SMILES string of the molecule is C=CCN(C(=O)c1[nH]ncc1N)C(C)(C)C. The molecule has 0 aliphatic rings. The molecule has 1 aromatic heterocycles. The second-order valence-corrected chi connectivity index (χ2v) is 4.58. The number of nitrogens with two attached hydrogens (primary N) is 1. The van der Waals surface area contributed by atoms with Crippen LogP contribution in [-0.4, -0.2) is 33.1 Å². The summed E-state index contributed by atoms with van der Waals surface area (Å²) in [6, 6.07) is 0. The van der Waals surface area contributed by atoms with E-state index in [0.29, 0.717) is 17.9 Å². The van der Waals surface area contributed by atoms with Gasteiger partial charge in [-0.25, -0.2) is 0 Å². The number of aromatic nitrogens is 2. The lowest BCUT2D eigenvalue weighted by atomic mass is 10.1. The van der Waals surface area contributed by atoms with Gasteiger partial charge in [-0.2, -0.15) is 5.10 Å². The zero-order valence-corrected chi connectivity index (χ0v) is 9.95. The Labute approximate surface area is 95.3 Å². The summed E-state index contributed by atoms with van der Waals surface area (Å²) in [5.41, 5.74) is 6.06. The molecule has 0 spiro atoms. The molecule has 0 atom stereocenters. The summed E-state index contributed by atoms with van der Waals surface area (Å²) in [6.07, 6.45) is 3.12. The molecule has 5 nitrogen and oxygen atoms in total. The molecule has 1 heterocycles. The number of hydrogen-bond acceptors (Lipinski definition) is 3. The molecular weight excluding hydrogens is 204 g/mol. The molecule has 0 saturated carbocycles. The third-order valence-electron chi connectivity index (χ3n) is 2.25. The lowest BCUT2D eigenvalue weighted by Gasteiger charge is -2.34. The fourth-order valence-corrected chi connectivity index (χ4v) is 1.39. The third-order valence-corrected chi connectivity index (χ3v) is 2.25. The lowest BCUT2D eigenvalue weighted by molar-refractivity contribution is 0.0611. The number of rotatable bonds is 3. The van der Waals surface area contributed by atoms with E-state index in [9.17, 15) is 4.79 Å². The van der Waals surface area contributed by atoms with Crippen LogP contribution in [0.4, 0.5) is 5.69 Å².